The van der Waals surface area contributed by atoms with Crippen LogP contribution in [0.5, 0.6) is 0 Å². The molecular weight excluding hydrogens is 480 g/mol. The van der Waals surface area contributed by atoms with Crippen molar-refractivity contribution in [2.45, 2.75) is 11.3 Å². The molecule has 12 heteroatoms. The Morgan fingerprint density at radius 1 is 0.788 bits per heavy atom. The first kappa shape index (κ1) is 22.7. The van der Waals surface area contributed by atoms with Crippen LogP contribution in [0.1, 0.15) is 31.3 Å². The summed E-state index contributed by atoms with van der Waals surface area (Å²) in [5, 5.41) is 22.5. The van der Waals surface area contributed by atoms with Crippen LogP contribution in [0.2, 0.25) is 0 Å². The van der Waals surface area contributed by atoms with Gasteiger partial charge < -0.3 is 0 Å². The first-order valence-corrected chi connectivity index (χ1v) is 12.2. The van der Waals surface area contributed by atoms with Gasteiger partial charge in [0.2, 0.25) is 16.2 Å². The molecule has 0 aliphatic rings. The van der Waals surface area contributed by atoms with Crippen LogP contribution in [-0.2, 0) is 4.79 Å². The van der Waals surface area contributed by atoms with Gasteiger partial charge in [0.05, 0.1) is 5.75 Å². The van der Waals surface area contributed by atoms with E-state index in [2.05, 4.69) is 31.0 Å². The van der Waals surface area contributed by atoms with Gasteiger partial charge >= 0.3 is 0 Å². The number of carbonyl (C=O) groups excluding carboxylic acids is 3. The number of benzene rings is 2. The molecule has 166 valence electrons. The van der Waals surface area contributed by atoms with E-state index in [-0.39, 0.29) is 23.4 Å². The molecule has 4 aromatic rings. The Bertz CT molecular complexity index is 1290. The average molecular weight is 497 g/mol. The van der Waals surface area contributed by atoms with Gasteiger partial charge in [-0.15, -0.1) is 20.4 Å². The molecule has 0 aliphatic carbocycles. The standard InChI is InChI=1S/C21H16N6O3S3/c1-12-24-25-19(32-12)22-16(28)11-31-21-27-26-20(33-21)23-18(30)15-9-7-14(8-10-15)17(29)13-5-3-2-4-6-13/h2-10H,11H2,1H3,(H,22,25,28)(H,23,26,30). The summed E-state index contributed by atoms with van der Waals surface area (Å²) in [6, 6.07) is 15.3. The molecule has 0 bridgehead atoms. The predicted octanol–water partition coefficient (Wildman–Crippen LogP) is 3.91. The Hall–Kier alpha value is -3.48. The molecule has 2 heterocycles. The normalized spacial score (nSPS) is 10.6. The highest BCUT2D eigenvalue weighted by Crippen LogP contribution is 2.26. The summed E-state index contributed by atoms with van der Waals surface area (Å²) in [6.45, 7) is 1.80. The number of nitrogens with one attached hydrogen (secondary N) is 2. The van der Waals surface area contributed by atoms with Gasteiger partial charge in [0.1, 0.15) is 5.01 Å². The van der Waals surface area contributed by atoms with E-state index < -0.39 is 0 Å². The largest absolute Gasteiger partial charge is 0.300 e. The molecule has 0 radical (unpaired) electrons. The second kappa shape index (κ2) is 10.4. The Labute approximate surface area is 200 Å². The number of carbonyl (C=O) groups is 3. The third-order valence-electron chi connectivity index (χ3n) is 4.17. The molecule has 2 aromatic heterocycles. The maximum Gasteiger partial charge on any atom is 0.257 e. The number of nitrogens with zero attached hydrogens (tertiary/aromatic N) is 4. The number of aromatic nitrogens is 4. The van der Waals surface area contributed by atoms with Crippen LogP contribution >= 0.6 is 34.4 Å². The van der Waals surface area contributed by atoms with E-state index in [0.29, 0.717) is 31.3 Å². The van der Waals surface area contributed by atoms with Crippen molar-refractivity contribution < 1.29 is 14.4 Å². The molecule has 2 N–H and O–H groups in total. The predicted molar refractivity (Wildman–Crippen MR) is 128 cm³/mol. The lowest BCUT2D eigenvalue weighted by Gasteiger charge is -2.04. The minimum Gasteiger partial charge on any atom is -0.300 e. The summed E-state index contributed by atoms with van der Waals surface area (Å²) in [6.07, 6.45) is 0. The molecule has 0 saturated carbocycles. The van der Waals surface area contributed by atoms with Gasteiger partial charge in [-0.05, 0) is 19.1 Å². The topological polar surface area (TPSA) is 127 Å². The lowest BCUT2D eigenvalue weighted by atomic mass is 10.0. The minimum atomic E-state index is -0.370. The number of rotatable bonds is 8. The van der Waals surface area contributed by atoms with Crippen LogP contribution in [0.15, 0.2) is 58.9 Å². The number of ketones is 1. The molecule has 0 aliphatic heterocycles. The van der Waals surface area contributed by atoms with E-state index >= 15 is 0 Å². The highest BCUT2D eigenvalue weighted by atomic mass is 32.2. The molecule has 4 rings (SSSR count). The molecule has 33 heavy (non-hydrogen) atoms. The SMILES string of the molecule is Cc1nnc(NC(=O)CSc2nnc(NC(=O)c3ccc(C(=O)c4ccccc4)cc3)s2)s1. The zero-order chi connectivity index (χ0) is 23.2. The second-order valence-electron chi connectivity index (χ2n) is 6.56. The molecule has 0 saturated heterocycles. The van der Waals surface area contributed by atoms with Gasteiger partial charge in [0, 0.05) is 16.7 Å². The molecule has 0 fully saturated rings. The van der Waals surface area contributed by atoms with Gasteiger partial charge in [-0.25, -0.2) is 0 Å². The number of hydrogen-bond acceptors (Lipinski definition) is 10. The van der Waals surface area contributed by atoms with E-state index in [1.165, 1.54) is 23.1 Å². The molecule has 0 unspecified atom stereocenters. The Balaban J connectivity index is 1.30. The quantitative estimate of drug-likeness (QED) is 0.214. The number of thioether (sulfide) groups is 1. The second-order valence-corrected chi connectivity index (χ2v) is 9.94. The molecule has 9 nitrogen and oxygen atoms in total. The van der Waals surface area contributed by atoms with E-state index in [1.54, 1.807) is 55.5 Å². The number of amides is 2. The van der Waals surface area contributed by atoms with Crippen molar-refractivity contribution in [3.63, 3.8) is 0 Å². The lowest BCUT2D eigenvalue weighted by Crippen LogP contribution is -2.13. The molecule has 0 spiro atoms. The van der Waals surface area contributed by atoms with E-state index in [1.807, 2.05) is 6.07 Å². The van der Waals surface area contributed by atoms with Crippen LogP contribution in [0.25, 0.3) is 0 Å². The lowest BCUT2D eigenvalue weighted by molar-refractivity contribution is -0.113. The van der Waals surface area contributed by atoms with E-state index in [0.717, 1.165) is 16.3 Å². The third-order valence-corrected chi connectivity index (χ3v) is 6.90. The molecule has 2 aromatic carbocycles. The van der Waals surface area contributed by atoms with Gasteiger partial charge in [0.25, 0.3) is 5.91 Å². The van der Waals surface area contributed by atoms with Gasteiger partial charge in [-0.2, -0.15) is 0 Å². The fourth-order valence-electron chi connectivity index (χ4n) is 2.65. The summed E-state index contributed by atoms with van der Waals surface area (Å²) < 4.78 is 0.540. The fraction of sp³-hybridized carbons (Fsp3) is 0.0952. The number of aryl methyl sites for hydroxylation is 1. The Morgan fingerprint density at radius 3 is 2.12 bits per heavy atom. The van der Waals surface area contributed by atoms with Crippen LogP contribution in [0.4, 0.5) is 10.3 Å². The third kappa shape index (κ3) is 6.06. The van der Waals surface area contributed by atoms with Crippen molar-refractivity contribution in [3.05, 3.63) is 76.3 Å². The Morgan fingerprint density at radius 2 is 1.42 bits per heavy atom. The van der Waals surface area contributed by atoms with E-state index in [9.17, 15) is 14.4 Å². The Kier molecular flexibility index (Phi) is 7.17. The summed E-state index contributed by atoms with van der Waals surface area (Å²) >= 11 is 3.66. The van der Waals surface area contributed by atoms with Crippen LogP contribution in [0.3, 0.4) is 0 Å². The molecule has 0 atom stereocenters. The van der Waals surface area contributed by atoms with Gasteiger partial charge in [0.15, 0.2) is 10.1 Å². The van der Waals surface area contributed by atoms with Gasteiger partial charge in [-0.1, -0.05) is 76.9 Å². The molecule has 2 amide bonds. The first-order valence-electron chi connectivity index (χ1n) is 9.55. The summed E-state index contributed by atoms with van der Waals surface area (Å²) in [5.41, 5.74) is 1.46. The van der Waals surface area contributed by atoms with Crippen molar-refractivity contribution in [1.82, 2.24) is 20.4 Å². The first-order chi connectivity index (χ1) is 16.0. The van der Waals surface area contributed by atoms with Crippen molar-refractivity contribution in [1.29, 1.82) is 0 Å². The van der Waals surface area contributed by atoms with Crippen LogP contribution < -0.4 is 10.6 Å². The van der Waals surface area contributed by atoms with Crippen LogP contribution in [0, 0.1) is 6.92 Å². The summed E-state index contributed by atoms with van der Waals surface area (Å²) in [5.74, 6) is -0.593. The molecular formula is C21H16N6O3S3. The van der Waals surface area contributed by atoms with Crippen molar-refractivity contribution >= 4 is 62.3 Å². The van der Waals surface area contributed by atoms with Crippen molar-refractivity contribution in [2.75, 3.05) is 16.4 Å². The summed E-state index contributed by atoms with van der Waals surface area (Å²) in [7, 11) is 0. The maximum absolute atomic E-state index is 12.5. The van der Waals surface area contributed by atoms with Crippen molar-refractivity contribution in [2.24, 2.45) is 0 Å². The number of anilines is 2. The monoisotopic (exact) mass is 496 g/mol. The highest BCUT2D eigenvalue weighted by molar-refractivity contribution is 8.01. The maximum atomic E-state index is 12.5. The zero-order valence-corrected chi connectivity index (χ0v) is 19.6. The minimum absolute atomic E-state index is 0.112. The smallest absolute Gasteiger partial charge is 0.257 e. The van der Waals surface area contributed by atoms with Gasteiger partial charge in [-0.3, -0.25) is 25.0 Å². The fourth-order valence-corrected chi connectivity index (χ4v) is 4.80. The summed E-state index contributed by atoms with van der Waals surface area (Å²) in [4.78, 5) is 37.0. The van der Waals surface area contributed by atoms with E-state index in [4.69, 9.17) is 0 Å². The van der Waals surface area contributed by atoms with Crippen LogP contribution in [-0.4, -0.2) is 43.7 Å². The average Bonchev–Trinajstić information content (AvgIpc) is 3.46. The highest BCUT2D eigenvalue weighted by Gasteiger charge is 2.14. The van der Waals surface area contributed by atoms with Crippen molar-refractivity contribution in [3.8, 4) is 0 Å². The number of hydrogen-bond donors (Lipinski definition) is 2. The zero-order valence-electron chi connectivity index (χ0n) is 17.1.